The molecule has 2 rings (SSSR count). The lowest BCUT2D eigenvalue weighted by molar-refractivity contribution is 0.0955. The largest absolute Gasteiger partial charge is 0.504 e. The van der Waals surface area contributed by atoms with E-state index in [1.165, 1.54) is 30.7 Å². The van der Waals surface area contributed by atoms with E-state index in [-0.39, 0.29) is 17.4 Å². The van der Waals surface area contributed by atoms with Gasteiger partial charge in [-0.05, 0) is 25.1 Å². The minimum atomic E-state index is -0.384. The lowest BCUT2D eigenvalue weighted by atomic mass is 10.2. The molecule has 2 N–H and O–H groups in total. The Morgan fingerprint density at radius 2 is 2.18 bits per heavy atom. The second kappa shape index (κ2) is 7.42. The Morgan fingerprint density at radius 3 is 2.86 bits per heavy atom. The number of phenols is 1. The molecule has 1 heterocycles. The van der Waals surface area contributed by atoms with E-state index in [2.05, 4.69) is 15.5 Å². The standard InChI is InChI=1S/C15H14ClN3O3/c1-2-22-13-8-12(16)7-11(14(13)20)9-18-19-15(21)10-3-5-17-6-4-10/h3-9,20H,2H2,1H3,(H,19,21)/b18-9+. The molecule has 0 radical (unpaired) electrons. The van der Waals surface area contributed by atoms with Crippen molar-refractivity contribution in [1.29, 1.82) is 0 Å². The first kappa shape index (κ1) is 15.8. The van der Waals surface area contributed by atoms with Crippen LogP contribution in [0.15, 0.2) is 41.8 Å². The molecule has 7 heteroatoms. The van der Waals surface area contributed by atoms with E-state index in [9.17, 15) is 9.90 Å². The zero-order valence-corrected chi connectivity index (χ0v) is 12.5. The van der Waals surface area contributed by atoms with Gasteiger partial charge in [0.1, 0.15) is 0 Å². The van der Waals surface area contributed by atoms with E-state index in [0.717, 1.165) is 0 Å². The molecule has 6 nitrogen and oxygen atoms in total. The number of ether oxygens (including phenoxy) is 1. The van der Waals surface area contributed by atoms with Gasteiger partial charge < -0.3 is 9.84 Å². The van der Waals surface area contributed by atoms with Crippen LogP contribution in [0, 0.1) is 0 Å². The summed E-state index contributed by atoms with van der Waals surface area (Å²) in [5.74, 6) is -0.213. The van der Waals surface area contributed by atoms with Gasteiger partial charge in [0.2, 0.25) is 0 Å². The van der Waals surface area contributed by atoms with Crippen LogP contribution >= 0.6 is 11.6 Å². The van der Waals surface area contributed by atoms with Crippen molar-refractivity contribution in [3.05, 3.63) is 52.8 Å². The molecule has 0 aliphatic rings. The third-order valence-corrected chi connectivity index (χ3v) is 2.90. The van der Waals surface area contributed by atoms with E-state index >= 15 is 0 Å². The highest BCUT2D eigenvalue weighted by molar-refractivity contribution is 6.31. The number of nitrogens with zero attached hydrogens (tertiary/aromatic N) is 2. The third kappa shape index (κ3) is 3.95. The highest BCUT2D eigenvalue weighted by atomic mass is 35.5. The average Bonchev–Trinajstić information content (AvgIpc) is 2.52. The lowest BCUT2D eigenvalue weighted by Crippen LogP contribution is -2.17. The smallest absolute Gasteiger partial charge is 0.271 e. The number of pyridine rings is 1. The van der Waals surface area contributed by atoms with Crippen LogP contribution in [0.3, 0.4) is 0 Å². The first-order valence-electron chi connectivity index (χ1n) is 6.50. The van der Waals surface area contributed by atoms with Crippen LogP contribution in [0.1, 0.15) is 22.8 Å². The zero-order valence-electron chi connectivity index (χ0n) is 11.8. The third-order valence-electron chi connectivity index (χ3n) is 2.68. The number of carbonyl (C=O) groups is 1. The topological polar surface area (TPSA) is 83.8 Å². The molecule has 1 amide bonds. The molecule has 1 aromatic carbocycles. The summed E-state index contributed by atoms with van der Waals surface area (Å²) in [7, 11) is 0. The van der Waals surface area contributed by atoms with Gasteiger partial charge in [0.05, 0.1) is 12.8 Å². The van der Waals surface area contributed by atoms with E-state index in [1.54, 1.807) is 19.1 Å². The average molecular weight is 320 g/mol. The first-order valence-corrected chi connectivity index (χ1v) is 6.88. The molecular weight excluding hydrogens is 306 g/mol. The number of nitrogens with one attached hydrogen (secondary N) is 1. The Hall–Kier alpha value is -2.60. The highest BCUT2D eigenvalue weighted by Crippen LogP contribution is 2.32. The van der Waals surface area contributed by atoms with Gasteiger partial charge in [0.15, 0.2) is 11.5 Å². The number of hydrazone groups is 1. The Bertz CT molecular complexity index is 690. The monoisotopic (exact) mass is 319 g/mol. The molecule has 0 unspecified atom stereocenters. The predicted octanol–water partition coefficient (Wildman–Crippen LogP) is 2.60. The summed E-state index contributed by atoms with van der Waals surface area (Å²) in [6.45, 7) is 2.19. The number of hydrogen-bond donors (Lipinski definition) is 2. The molecule has 0 spiro atoms. The SMILES string of the molecule is CCOc1cc(Cl)cc(/C=N/NC(=O)c2ccncc2)c1O. The molecule has 0 fully saturated rings. The number of phenolic OH excluding ortho intramolecular Hbond substituents is 1. The summed E-state index contributed by atoms with van der Waals surface area (Å²) in [4.78, 5) is 15.6. The van der Waals surface area contributed by atoms with Crippen LogP contribution in [-0.4, -0.2) is 28.8 Å². The molecule has 0 aliphatic carbocycles. The second-order valence-electron chi connectivity index (χ2n) is 4.21. The van der Waals surface area contributed by atoms with Gasteiger partial charge in [0, 0.05) is 34.6 Å². The molecule has 0 atom stereocenters. The summed E-state index contributed by atoms with van der Waals surface area (Å²) < 4.78 is 5.26. The summed E-state index contributed by atoms with van der Waals surface area (Å²) in [6, 6.07) is 6.15. The molecular formula is C15H14ClN3O3. The maximum atomic E-state index is 11.8. The summed E-state index contributed by atoms with van der Waals surface area (Å²) in [6.07, 6.45) is 4.31. The number of benzene rings is 1. The van der Waals surface area contributed by atoms with Crippen LogP contribution in [0.25, 0.3) is 0 Å². The lowest BCUT2D eigenvalue weighted by Gasteiger charge is -2.08. The van der Waals surface area contributed by atoms with Crippen LogP contribution in [0.2, 0.25) is 5.02 Å². The second-order valence-corrected chi connectivity index (χ2v) is 4.65. The fourth-order valence-electron chi connectivity index (χ4n) is 1.69. The zero-order chi connectivity index (χ0) is 15.9. The maximum Gasteiger partial charge on any atom is 0.271 e. The molecule has 1 aromatic heterocycles. The fraction of sp³-hybridized carbons (Fsp3) is 0.133. The number of aromatic hydroxyl groups is 1. The van der Waals surface area contributed by atoms with Crippen molar-refractivity contribution in [2.75, 3.05) is 6.61 Å². The highest BCUT2D eigenvalue weighted by Gasteiger charge is 2.09. The number of hydrogen-bond acceptors (Lipinski definition) is 5. The predicted molar refractivity (Wildman–Crippen MR) is 83.6 cm³/mol. The molecule has 22 heavy (non-hydrogen) atoms. The van der Waals surface area contributed by atoms with Gasteiger partial charge in [-0.3, -0.25) is 9.78 Å². The van der Waals surface area contributed by atoms with E-state index in [1.807, 2.05) is 0 Å². The number of carbonyl (C=O) groups excluding carboxylic acids is 1. The van der Waals surface area contributed by atoms with Crippen LogP contribution in [0.5, 0.6) is 11.5 Å². The Labute approximate surface area is 132 Å². The number of aromatic nitrogens is 1. The summed E-state index contributed by atoms with van der Waals surface area (Å²) in [5.41, 5.74) is 3.12. The first-order chi connectivity index (χ1) is 10.6. The van der Waals surface area contributed by atoms with E-state index in [0.29, 0.717) is 22.8 Å². The molecule has 114 valence electrons. The van der Waals surface area contributed by atoms with Crippen molar-refractivity contribution in [3.63, 3.8) is 0 Å². The number of rotatable bonds is 5. The summed E-state index contributed by atoms with van der Waals surface area (Å²) in [5, 5.41) is 14.2. The van der Waals surface area contributed by atoms with Gasteiger partial charge in [-0.1, -0.05) is 11.6 Å². The number of halogens is 1. The van der Waals surface area contributed by atoms with Gasteiger partial charge in [-0.2, -0.15) is 5.10 Å². The minimum absolute atomic E-state index is 0.0897. The molecule has 0 saturated heterocycles. The van der Waals surface area contributed by atoms with E-state index < -0.39 is 0 Å². The van der Waals surface area contributed by atoms with Crippen molar-refractivity contribution in [2.45, 2.75) is 6.92 Å². The van der Waals surface area contributed by atoms with Crippen LogP contribution in [-0.2, 0) is 0 Å². The van der Waals surface area contributed by atoms with Crippen LogP contribution in [0.4, 0.5) is 0 Å². The Balaban J connectivity index is 2.12. The minimum Gasteiger partial charge on any atom is -0.504 e. The van der Waals surface area contributed by atoms with Crippen LogP contribution < -0.4 is 10.2 Å². The van der Waals surface area contributed by atoms with Crippen molar-refractivity contribution >= 4 is 23.7 Å². The normalized spacial score (nSPS) is 10.6. The fourth-order valence-corrected chi connectivity index (χ4v) is 1.90. The van der Waals surface area contributed by atoms with Gasteiger partial charge >= 0.3 is 0 Å². The Morgan fingerprint density at radius 1 is 1.45 bits per heavy atom. The summed E-state index contributed by atoms with van der Waals surface area (Å²) >= 11 is 5.95. The van der Waals surface area contributed by atoms with E-state index in [4.69, 9.17) is 16.3 Å². The maximum absolute atomic E-state index is 11.8. The quantitative estimate of drug-likeness (QED) is 0.655. The van der Waals surface area contributed by atoms with Gasteiger partial charge in [0.25, 0.3) is 5.91 Å². The number of amides is 1. The molecule has 0 bridgehead atoms. The molecule has 0 saturated carbocycles. The van der Waals surface area contributed by atoms with Crippen molar-refractivity contribution in [3.8, 4) is 11.5 Å². The van der Waals surface area contributed by atoms with Gasteiger partial charge in [-0.25, -0.2) is 5.43 Å². The van der Waals surface area contributed by atoms with Gasteiger partial charge in [-0.15, -0.1) is 0 Å². The Kier molecular flexibility index (Phi) is 5.32. The molecule has 2 aromatic rings. The van der Waals surface area contributed by atoms with Crippen molar-refractivity contribution < 1.29 is 14.6 Å². The van der Waals surface area contributed by atoms with Crippen molar-refractivity contribution in [2.24, 2.45) is 5.10 Å². The molecule has 0 aliphatic heterocycles. The van der Waals surface area contributed by atoms with Crippen molar-refractivity contribution in [1.82, 2.24) is 10.4 Å².